The molecule has 92 valence electrons. The zero-order valence-electron chi connectivity index (χ0n) is 9.45. The Morgan fingerprint density at radius 2 is 2.00 bits per heavy atom. The molecule has 1 amide bonds. The van der Waals surface area contributed by atoms with Crippen molar-refractivity contribution in [2.24, 2.45) is 0 Å². The van der Waals surface area contributed by atoms with Crippen molar-refractivity contribution in [1.29, 1.82) is 0 Å². The van der Waals surface area contributed by atoms with Gasteiger partial charge in [0.2, 0.25) is 0 Å². The Morgan fingerprint density at radius 3 is 2.61 bits per heavy atom. The molecule has 2 aromatic rings. The fourth-order valence-electron chi connectivity index (χ4n) is 1.36. The molecule has 0 saturated heterocycles. The number of halogens is 2. The molecule has 0 fully saturated rings. The Bertz CT molecular complexity index is 584. The summed E-state index contributed by atoms with van der Waals surface area (Å²) >= 11 is 11.4. The highest BCUT2D eigenvalue weighted by Crippen LogP contribution is 2.16. The van der Waals surface area contributed by atoms with E-state index < -0.39 is 0 Å². The van der Waals surface area contributed by atoms with Crippen LogP contribution >= 0.6 is 23.2 Å². The summed E-state index contributed by atoms with van der Waals surface area (Å²) in [5.41, 5.74) is 1.53. The predicted octanol–water partition coefficient (Wildman–Crippen LogP) is 3.34. The number of pyridine rings is 2. The Morgan fingerprint density at radius 1 is 1.22 bits per heavy atom. The van der Waals surface area contributed by atoms with Gasteiger partial charge in [0.1, 0.15) is 10.8 Å². The third kappa shape index (κ3) is 2.97. The molecule has 0 radical (unpaired) electrons. The molecule has 0 aromatic carbocycles. The number of nitrogens with zero attached hydrogens (tertiary/aromatic N) is 2. The molecule has 0 saturated carbocycles. The summed E-state index contributed by atoms with van der Waals surface area (Å²) in [4.78, 5) is 19.9. The summed E-state index contributed by atoms with van der Waals surface area (Å²) in [6.45, 7) is 1.76. The van der Waals surface area contributed by atoms with Gasteiger partial charge in [-0.1, -0.05) is 23.2 Å². The molecule has 6 heteroatoms. The zero-order valence-corrected chi connectivity index (χ0v) is 11.0. The Balaban J connectivity index is 2.18. The van der Waals surface area contributed by atoms with E-state index in [9.17, 15) is 4.79 Å². The van der Waals surface area contributed by atoms with Crippen molar-refractivity contribution in [3.05, 3.63) is 52.0 Å². The van der Waals surface area contributed by atoms with Crippen LogP contribution in [0.2, 0.25) is 10.2 Å². The van der Waals surface area contributed by atoms with Gasteiger partial charge in [-0.3, -0.25) is 4.79 Å². The number of aryl methyl sites for hydroxylation is 1. The summed E-state index contributed by atoms with van der Waals surface area (Å²) in [6, 6.07) is 6.46. The fourth-order valence-corrected chi connectivity index (χ4v) is 1.66. The minimum atomic E-state index is -0.320. The van der Waals surface area contributed by atoms with Crippen molar-refractivity contribution in [3.8, 4) is 0 Å². The highest BCUT2D eigenvalue weighted by molar-refractivity contribution is 6.30. The number of carbonyl (C=O) groups is 1. The van der Waals surface area contributed by atoms with Gasteiger partial charge < -0.3 is 5.32 Å². The third-order valence-corrected chi connectivity index (χ3v) is 2.69. The molecule has 0 bridgehead atoms. The van der Waals surface area contributed by atoms with Crippen molar-refractivity contribution in [2.45, 2.75) is 6.92 Å². The van der Waals surface area contributed by atoms with E-state index in [-0.39, 0.29) is 11.6 Å². The first-order valence-electron chi connectivity index (χ1n) is 5.12. The number of hydrogen-bond donors (Lipinski definition) is 1. The van der Waals surface area contributed by atoms with Gasteiger partial charge in [-0.15, -0.1) is 0 Å². The van der Waals surface area contributed by atoms with Gasteiger partial charge in [0, 0.05) is 6.20 Å². The molecule has 0 aliphatic rings. The maximum absolute atomic E-state index is 11.9. The summed E-state index contributed by atoms with van der Waals surface area (Å²) < 4.78 is 0. The van der Waals surface area contributed by atoms with Crippen molar-refractivity contribution < 1.29 is 4.79 Å². The van der Waals surface area contributed by atoms with E-state index in [1.165, 1.54) is 6.20 Å². The molecular formula is C12H9Cl2N3O. The molecule has 2 rings (SSSR count). The molecule has 2 heterocycles. The molecule has 4 nitrogen and oxygen atoms in total. The topological polar surface area (TPSA) is 54.9 Å². The number of amides is 1. The molecule has 2 aromatic heterocycles. The fraction of sp³-hybridized carbons (Fsp3) is 0.0833. The zero-order chi connectivity index (χ0) is 13.1. The number of nitrogens with one attached hydrogen (secondary N) is 1. The highest BCUT2D eigenvalue weighted by Gasteiger charge is 2.09. The lowest BCUT2D eigenvalue weighted by Gasteiger charge is -2.07. The Labute approximate surface area is 114 Å². The molecule has 0 aliphatic carbocycles. The van der Waals surface area contributed by atoms with Crippen molar-refractivity contribution in [2.75, 3.05) is 5.32 Å². The predicted molar refractivity (Wildman–Crippen MR) is 71.2 cm³/mol. The molecule has 18 heavy (non-hydrogen) atoms. The van der Waals surface area contributed by atoms with E-state index in [4.69, 9.17) is 23.2 Å². The van der Waals surface area contributed by atoms with Gasteiger partial charge in [-0.2, -0.15) is 0 Å². The second-order valence-electron chi connectivity index (χ2n) is 3.58. The van der Waals surface area contributed by atoms with Gasteiger partial charge >= 0.3 is 0 Å². The summed E-state index contributed by atoms with van der Waals surface area (Å²) in [5.74, 6) is -0.320. The van der Waals surface area contributed by atoms with Gasteiger partial charge in [-0.25, -0.2) is 9.97 Å². The maximum atomic E-state index is 11.9. The second kappa shape index (κ2) is 5.33. The van der Waals surface area contributed by atoms with Crippen LogP contribution in [0.15, 0.2) is 30.5 Å². The van der Waals surface area contributed by atoms with Crippen molar-refractivity contribution >= 4 is 34.8 Å². The monoisotopic (exact) mass is 281 g/mol. The number of hydrogen-bond acceptors (Lipinski definition) is 3. The van der Waals surface area contributed by atoms with Crippen LogP contribution in [0.4, 0.5) is 5.69 Å². The smallest absolute Gasteiger partial charge is 0.274 e. The lowest BCUT2D eigenvalue weighted by molar-refractivity contribution is 0.102. The average Bonchev–Trinajstić information content (AvgIpc) is 2.33. The van der Waals surface area contributed by atoms with Crippen LogP contribution in [-0.4, -0.2) is 15.9 Å². The van der Waals surface area contributed by atoms with Gasteiger partial charge in [0.15, 0.2) is 0 Å². The van der Waals surface area contributed by atoms with E-state index >= 15 is 0 Å². The highest BCUT2D eigenvalue weighted by atomic mass is 35.5. The standard InChI is InChI=1S/C12H9Cl2N3O/c1-7-9(4-5-11(14)16-7)17-12(18)10-3-2-8(13)6-15-10/h2-6H,1H3,(H,17,18). The van der Waals surface area contributed by atoms with Gasteiger partial charge in [0.05, 0.1) is 16.4 Å². The molecule has 0 unspecified atom stereocenters. The van der Waals surface area contributed by atoms with Crippen LogP contribution in [0, 0.1) is 6.92 Å². The maximum Gasteiger partial charge on any atom is 0.274 e. The SMILES string of the molecule is Cc1nc(Cl)ccc1NC(=O)c1ccc(Cl)cn1. The quantitative estimate of drug-likeness (QED) is 0.859. The largest absolute Gasteiger partial charge is 0.319 e. The van der Waals surface area contributed by atoms with Crippen molar-refractivity contribution in [1.82, 2.24) is 9.97 Å². The summed E-state index contributed by atoms with van der Waals surface area (Å²) in [7, 11) is 0. The van der Waals surface area contributed by atoms with Crippen LogP contribution in [0.25, 0.3) is 0 Å². The first-order valence-corrected chi connectivity index (χ1v) is 5.88. The lowest BCUT2D eigenvalue weighted by atomic mass is 10.3. The van der Waals surface area contributed by atoms with Crippen LogP contribution in [0.5, 0.6) is 0 Å². The number of aromatic nitrogens is 2. The van der Waals surface area contributed by atoms with Gasteiger partial charge in [0.25, 0.3) is 5.91 Å². The third-order valence-electron chi connectivity index (χ3n) is 2.26. The minimum Gasteiger partial charge on any atom is -0.319 e. The van der Waals surface area contributed by atoms with E-state index in [1.54, 1.807) is 31.2 Å². The van der Waals surface area contributed by atoms with E-state index in [1.807, 2.05) is 0 Å². The second-order valence-corrected chi connectivity index (χ2v) is 4.41. The van der Waals surface area contributed by atoms with E-state index in [2.05, 4.69) is 15.3 Å². The summed E-state index contributed by atoms with van der Waals surface area (Å²) in [5, 5.41) is 3.57. The van der Waals surface area contributed by atoms with Crippen LogP contribution in [0.1, 0.15) is 16.2 Å². The number of rotatable bonds is 2. The number of anilines is 1. The Kier molecular flexibility index (Phi) is 3.79. The molecule has 1 N–H and O–H groups in total. The van der Waals surface area contributed by atoms with Gasteiger partial charge in [-0.05, 0) is 31.2 Å². The first kappa shape index (κ1) is 12.8. The first-order chi connectivity index (χ1) is 8.56. The Hall–Kier alpha value is -1.65. The molecule has 0 aliphatic heterocycles. The number of carbonyl (C=O) groups excluding carboxylic acids is 1. The van der Waals surface area contributed by atoms with Crippen LogP contribution in [-0.2, 0) is 0 Å². The molecule has 0 spiro atoms. The lowest BCUT2D eigenvalue weighted by Crippen LogP contribution is -2.14. The van der Waals surface area contributed by atoms with Crippen LogP contribution < -0.4 is 5.32 Å². The van der Waals surface area contributed by atoms with E-state index in [0.29, 0.717) is 21.6 Å². The van der Waals surface area contributed by atoms with Crippen molar-refractivity contribution in [3.63, 3.8) is 0 Å². The van der Waals surface area contributed by atoms with Crippen LogP contribution in [0.3, 0.4) is 0 Å². The normalized spacial score (nSPS) is 10.2. The molecular weight excluding hydrogens is 273 g/mol. The summed E-state index contributed by atoms with van der Waals surface area (Å²) in [6.07, 6.45) is 1.42. The minimum absolute atomic E-state index is 0.286. The molecule has 0 atom stereocenters. The average molecular weight is 282 g/mol. The van der Waals surface area contributed by atoms with E-state index in [0.717, 1.165) is 0 Å².